The Morgan fingerprint density at radius 1 is 1.36 bits per heavy atom. The second-order valence-electron chi connectivity index (χ2n) is 5.23. The summed E-state index contributed by atoms with van der Waals surface area (Å²) in [5.74, 6) is -0.304. The summed E-state index contributed by atoms with van der Waals surface area (Å²) < 4.78 is 5.48. The van der Waals surface area contributed by atoms with Crippen LogP contribution in [0.2, 0.25) is 0 Å². The van der Waals surface area contributed by atoms with Gasteiger partial charge in [-0.15, -0.1) is 0 Å². The number of aryl methyl sites for hydroxylation is 1. The predicted octanol–water partition coefficient (Wildman–Crippen LogP) is 4.27. The molecule has 128 valence electrons. The smallest absolute Gasteiger partial charge is 0.266 e. The number of anilines is 1. The number of phenols is 1. The van der Waals surface area contributed by atoms with Crippen molar-refractivity contribution in [2.75, 3.05) is 12.4 Å². The van der Waals surface area contributed by atoms with Gasteiger partial charge in [0.2, 0.25) is 0 Å². The maximum atomic E-state index is 12.3. The van der Waals surface area contributed by atoms with E-state index in [1.807, 2.05) is 25.1 Å². The first-order chi connectivity index (χ1) is 12.0. The fraction of sp³-hybridized carbons (Fsp3) is 0.158. The number of hydrogen-bond donors (Lipinski definition) is 2. The standard InChI is InChI=1S/C19H17BrN2O3/c1-3-12-4-6-15(7-5-12)22-19(24)14(11-21)8-13-9-16(20)18(23)17(10-13)25-2/h4-10,23H,3H2,1-2H3,(H,22,24)/b14-8+. The Labute approximate surface area is 154 Å². The van der Waals surface area contributed by atoms with Crippen molar-refractivity contribution in [1.29, 1.82) is 5.26 Å². The average Bonchev–Trinajstić information content (AvgIpc) is 2.62. The van der Waals surface area contributed by atoms with Crippen LogP contribution in [-0.2, 0) is 11.2 Å². The number of rotatable bonds is 5. The molecule has 0 atom stereocenters. The first kappa shape index (κ1) is 18.6. The topological polar surface area (TPSA) is 82.4 Å². The van der Waals surface area contributed by atoms with Gasteiger partial charge in [-0.3, -0.25) is 4.79 Å². The molecule has 0 saturated heterocycles. The number of methoxy groups -OCH3 is 1. The Bertz CT molecular complexity index is 852. The van der Waals surface area contributed by atoms with Crippen LogP contribution in [0.5, 0.6) is 11.5 Å². The molecule has 0 fully saturated rings. The van der Waals surface area contributed by atoms with Crippen molar-refractivity contribution < 1.29 is 14.6 Å². The number of aromatic hydroxyl groups is 1. The predicted molar refractivity (Wildman–Crippen MR) is 100 cm³/mol. The molecule has 0 aliphatic heterocycles. The first-order valence-electron chi connectivity index (χ1n) is 7.57. The van der Waals surface area contributed by atoms with Crippen LogP contribution in [0.1, 0.15) is 18.1 Å². The van der Waals surface area contributed by atoms with E-state index >= 15 is 0 Å². The molecule has 2 rings (SSSR count). The van der Waals surface area contributed by atoms with Gasteiger partial charge in [-0.25, -0.2) is 0 Å². The number of benzene rings is 2. The van der Waals surface area contributed by atoms with Crippen molar-refractivity contribution in [3.05, 3.63) is 57.6 Å². The largest absolute Gasteiger partial charge is 0.503 e. The van der Waals surface area contributed by atoms with E-state index in [0.717, 1.165) is 12.0 Å². The summed E-state index contributed by atoms with van der Waals surface area (Å²) in [5, 5.41) is 21.8. The molecule has 0 unspecified atom stereocenters. The monoisotopic (exact) mass is 400 g/mol. The van der Waals surface area contributed by atoms with Crippen LogP contribution in [-0.4, -0.2) is 18.1 Å². The number of amides is 1. The molecule has 25 heavy (non-hydrogen) atoms. The quantitative estimate of drug-likeness (QED) is 0.579. The van der Waals surface area contributed by atoms with Crippen molar-refractivity contribution in [1.82, 2.24) is 0 Å². The summed E-state index contributed by atoms with van der Waals surface area (Å²) in [5.41, 5.74) is 2.27. The fourth-order valence-corrected chi connectivity index (χ4v) is 2.63. The van der Waals surface area contributed by atoms with Crippen LogP contribution < -0.4 is 10.1 Å². The molecular formula is C19H17BrN2O3. The molecule has 0 bridgehead atoms. The van der Waals surface area contributed by atoms with Crippen molar-refractivity contribution >= 4 is 33.6 Å². The first-order valence-corrected chi connectivity index (χ1v) is 8.36. The lowest BCUT2D eigenvalue weighted by molar-refractivity contribution is -0.112. The Kier molecular flexibility index (Phi) is 6.20. The zero-order valence-electron chi connectivity index (χ0n) is 13.8. The number of nitriles is 1. The maximum Gasteiger partial charge on any atom is 0.266 e. The zero-order valence-corrected chi connectivity index (χ0v) is 15.4. The third kappa shape index (κ3) is 4.61. The van der Waals surface area contributed by atoms with Gasteiger partial charge in [0.1, 0.15) is 11.6 Å². The van der Waals surface area contributed by atoms with Gasteiger partial charge in [-0.2, -0.15) is 5.26 Å². The van der Waals surface area contributed by atoms with Crippen LogP contribution in [0.4, 0.5) is 5.69 Å². The van der Waals surface area contributed by atoms with Crippen LogP contribution in [0.15, 0.2) is 46.4 Å². The highest BCUT2D eigenvalue weighted by atomic mass is 79.9. The Hall–Kier alpha value is -2.78. The molecule has 0 aliphatic rings. The van der Waals surface area contributed by atoms with Gasteiger partial charge in [-0.1, -0.05) is 19.1 Å². The molecule has 0 saturated carbocycles. The highest BCUT2D eigenvalue weighted by Crippen LogP contribution is 2.35. The summed E-state index contributed by atoms with van der Waals surface area (Å²) in [7, 11) is 1.42. The molecule has 2 N–H and O–H groups in total. The Balaban J connectivity index is 2.26. The summed E-state index contributed by atoms with van der Waals surface area (Å²) in [6.07, 6.45) is 2.34. The van der Waals surface area contributed by atoms with Crippen LogP contribution in [0.3, 0.4) is 0 Å². The van der Waals surface area contributed by atoms with Crippen molar-refractivity contribution in [3.63, 3.8) is 0 Å². The maximum absolute atomic E-state index is 12.3. The highest BCUT2D eigenvalue weighted by molar-refractivity contribution is 9.10. The third-order valence-corrected chi connectivity index (χ3v) is 4.17. The number of nitrogens with one attached hydrogen (secondary N) is 1. The lowest BCUT2D eigenvalue weighted by atomic mass is 10.1. The summed E-state index contributed by atoms with van der Waals surface area (Å²) in [6.45, 7) is 2.05. The van der Waals surface area contributed by atoms with Gasteiger partial charge in [-0.05, 0) is 63.8 Å². The summed E-state index contributed by atoms with van der Waals surface area (Å²) in [4.78, 5) is 12.3. The number of hydrogen-bond acceptors (Lipinski definition) is 4. The van der Waals surface area contributed by atoms with Gasteiger partial charge in [0.05, 0.1) is 11.6 Å². The zero-order chi connectivity index (χ0) is 18.4. The van der Waals surface area contributed by atoms with E-state index in [1.165, 1.54) is 13.2 Å². The SMILES string of the molecule is CCc1ccc(NC(=O)/C(C#N)=C/c2cc(Br)c(O)c(OC)c2)cc1. The minimum absolute atomic E-state index is 0.0429. The molecule has 2 aromatic carbocycles. The van der Waals surface area contributed by atoms with E-state index in [4.69, 9.17) is 4.74 Å². The number of carbonyl (C=O) groups is 1. The molecule has 0 heterocycles. The number of halogens is 1. The lowest BCUT2D eigenvalue weighted by Crippen LogP contribution is -2.13. The minimum atomic E-state index is -0.505. The molecule has 1 amide bonds. The van der Waals surface area contributed by atoms with E-state index in [9.17, 15) is 15.2 Å². The molecule has 6 heteroatoms. The Morgan fingerprint density at radius 3 is 2.60 bits per heavy atom. The molecule has 5 nitrogen and oxygen atoms in total. The molecule has 0 spiro atoms. The second kappa shape index (κ2) is 8.36. The van der Waals surface area contributed by atoms with E-state index < -0.39 is 5.91 Å². The van der Waals surface area contributed by atoms with E-state index in [0.29, 0.717) is 15.7 Å². The van der Waals surface area contributed by atoms with Gasteiger partial charge in [0.15, 0.2) is 11.5 Å². The van der Waals surface area contributed by atoms with E-state index in [2.05, 4.69) is 21.2 Å². The van der Waals surface area contributed by atoms with Crippen molar-refractivity contribution in [3.8, 4) is 17.6 Å². The average molecular weight is 401 g/mol. The van der Waals surface area contributed by atoms with E-state index in [-0.39, 0.29) is 17.1 Å². The summed E-state index contributed by atoms with van der Waals surface area (Å²) in [6, 6.07) is 12.5. The number of ether oxygens (including phenoxy) is 1. The van der Waals surface area contributed by atoms with Crippen LogP contribution in [0.25, 0.3) is 6.08 Å². The van der Waals surface area contributed by atoms with Gasteiger partial charge < -0.3 is 15.2 Å². The Morgan fingerprint density at radius 2 is 2.04 bits per heavy atom. The molecular weight excluding hydrogens is 384 g/mol. The van der Waals surface area contributed by atoms with Crippen molar-refractivity contribution in [2.24, 2.45) is 0 Å². The minimum Gasteiger partial charge on any atom is -0.503 e. The molecule has 0 aromatic heterocycles. The number of phenolic OH excluding ortho intramolecular Hbond substituents is 1. The molecule has 2 aromatic rings. The lowest BCUT2D eigenvalue weighted by Gasteiger charge is -2.08. The van der Waals surface area contributed by atoms with Crippen LogP contribution in [0, 0.1) is 11.3 Å². The highest BCUT2D eigenvalue weighted by Gasteiger charge is 2.12. The van der Waals surface area contributed by atoms with Crippen LogP contribution >= 0.6 is 15.9 Å². The van der Waals surface area contributed by atoms with Gasteiger partial charge in [0, 0.05) is 5.69 Å². The number of nitrogens with zero attached hydrogens (tertiary/aromatic N) is 1. The number of carbonyl (C=O) groups excluding carboxylic acids is 1. The second-order valence-corrected chi connectivity index (χ2v) is 6.08. The molecule has 0 radical (unpaired) electrons. The molecule has 0 aliphatic carbocycles. The summed E-state index contributed by atoms with van der Waals surface area (Å²) >= 11 is 3.21. The normalized spacial score (nSPS) is 10.9. The van der Waals surface area contributed by atoms with Gasteiger partial charge in [0.25, 0.3) is 5.91 Å². The third-order valence-electron chi connectivity index (χ3n) is 3.57. The van der Waals surface area contributed by atoms with Gasteiger partial charge >= 0.3 is 0 Å². The van der Waals surface area contributed by atoms with Crippen molar-refractivity contribution in [2.45, 2.75) is 13.3 Å². The fourth-order valence-electron chi connectivity index (χ4n) is 2.17. The van der Waals surface area contributed by atoms with E-state index in [1.54, 1.807) is 24.3 Å².